The monoisotopic (exact) mass is 300 g/mol. The molecule has 3 nitrogen and oxygen atoms in total. The molecule has 0 unspecified atom stereocenters. The van der Waals surface area contributed by atoms with Gasteiger partial charge in [-0.3, -0.25) is 4.79 Å². The van der Waals surface area contributed by atoms with E-state index in [1.807, 2.05) is 0 Å². The van der Waals surface area contributed by atoms with Crippen LogP contribution in [0.4, 0.5) is 5.69 Å². The van der Waals surface area contributed by atoms with Crippen molar-refractivity contribution in [2.24, 2.45) is 11.8 Å². The molecular weight excluding hydrogens is 283 g/mol. The first-order chi connectivity index (χ1) is 8.65. The SMILES string of the molecule is Cl.Nc1ccc(C(=O)NC(C2CC2)C2CC2)c(Cl)c1. The molecule has 0 bridgehead atoms. The molecule has 3 N–H and O–H groups in total. The van der Waals surface area contributed by atoms with Crippen molar-refractivity contribution >= 4 is 35.6 Å². The molecular formula is C14H18Cl2N2O. The fourth-order valence-corrected chi connectivity index (χ4v) is 2.75. The van der Waals surface area contributed by atoms with E-state index in [0.29, 0.717) is 34.2 Å². The maximum atomic E-state index is 12.2. The maximum absolute atomic E-state index is 12.2. The molecule has 0 heterocycles. The van der Waals surface area contributed by atoms with E-state index in [2.05, 4.69) is 5.32 Å². The predicted molar refractivity (Wildman–Crippen MR) is 79.8 cm³/mol. The third-order valence-electron chi connectivity index (χ3n) is 3.80. The van der Waals surface area contributed by atoms with E-state index in [-0.39, 0.29) is 18.3 Å². The number of anilines is 1. The lowest BCUT2D eigenvalue weighted by atomic mass is 10.1. The molecule has 0 spiro atoms. The van der Waals surface area contributed by atoms with Gasteiger partial charge in [0.1, 0.15) is 0 Å². The highest BCUT2D eigenvalue weighted by molar-refractivity contribution is 6.34. The Kier molecular flexibility index (Phi) is 4.26. The minimum absolute atomic E-state index is 0. The van der Waals surface area contributed by atoms with Gasteiger partial charge in [0.15, 0.2) is 0 Å². The minimum Gasteiger partial charge on any atom is -0.399 e. The van der Waals surface area contributed by atoms with Gasteiger partial charge in [-0.05, 0) is 55.7 Å². The zero-order valence-electron chi connectivity index (χ0n) is 10.6. The number of benzene rings is 1. The molecule has 19 heavy (non-hydrogen) atoms. The number of nitrogen functional groups attached to an aromatic ring is 1. The maximum Gasteiger partial charge on any atom is 0.253 e. The minimum atomic E-state index is -0.0659. The third-order valence-corrected chi connectivity index (χ3v) is 4.11. The van der Waals surface area contributed by atoms with Crippen LogP contribution < -0.4 is 11.1 Å². The Morgan fingerprint density at radius 3 is 2.32 bits per heavy atom. The fourth-order valence-electron chi connectivity index (χ4n) is 2.48. The summed E-state index contributed by atoms with van der Waals surface area (Å²) in [5.74, 6) is 1.31. The fraction of sp³-hybridized carbons (Fsp3) is 0.500. The second-order valence-electron chi connectivity index (χ2n) is 5.41. The molecule has 2 fully saturated rings. The largest absolute Gasteiger partial charge is 0.399 e. The van der Waals surface area contributed by atoms with Crippen LogP contribution in [0, 0.1) is 11.8 Å². The van der Waals surface area contributed by atoms with Crippen LogP contribution in [0.25, 0.3) is 0 Å². The van der Waals surface area contributed by atoms with Crippen molar-refractivity contribution < 1.29 is 4.79 Å². The summed E-state index contributed by atoms with van der Waals surface area (Å²) in [4.78, 5) is 12.2. The van der Waals surface area contributed by atoms with E-state index in [1.165, 1.54) is 25.7 Å². The molecule has 0 aromatic heterocycles. The number of hydrogen-bond donors (Lipinski definition) is 2. The van der Waals surface area contributed by atoms with Crippen LogP contribution in [-0.2, 0) is 0 Å². The number of hydrogen-bond acceptors (Lipinski definition) is 2. The van der Waals surface area contributed by atoms with E-state index in [4.69, 9.17) is 17.3 Å². The van der Waals surface area contributed by atoms with Crippen molar-refractivity contribution in [3.8, 4) is 0 Å². The highest BCUT2D eigenvalue weighted by atomic mass is 35.5. The van der Waals surface area contributed by atoms with Gasteiger partial charge in [-0.25, -0.2) is 0 Å². The Labute approximate surface area is 124 Å². The van der Waals surface area contributed by atoms with E-state index >= 15 is 0 Å². The lowest BCUT2D eigenvalue weighted by Gasteiger charge is -2.18. The first-order valence-electron chi connectivity index (χ1n) is 6.51. The van der Waals surface area contributed by atoms with Gasteiger partial charge < -0.3 is 11.1 Å². The molecule has 2 aliphatic rings. The molecule has 0 aliphatic heterocycles. The Hall–Kier alpha value is -0.930. The summed E-state index contributed by atoms with van der Waals surface area (Å²) >= 11 is 6.06. The predicted octanol–water partition coefficient (Wildman–Crippen LogP) is 3.26. The molecule has 0 radical (unpaired) electrons. The van der Waals surface area contributed by atoms with Gasteiger partial charge in [-0.1, -0.05) is 11.6 Å². The number of nitrogens with two attached hydrogens (primary N) is 1. The van der Waals surface area contributed by atoms with Gasteiger partial charge in [0.2, 0.25) is 0 Å². The first-order valence-corrected chi connectivity index (χ1v) is 6.89. The van der Waals surface area contributed by atoms with E-state index in [1.54, 1.807) is 18.2 Å². The lowest BCUT2D eigenvalue weighted by Crippen LogP contribution is -2.38. The van der Waals surface area contributed by atoms with Gasteiger partial charge in [-0.2, -0.15) is 0 Å². The van der Waals surface area contributed by atoms with Crippen LogP contribution in [0.1, 0.15) is 36.0 Å². The first kappa shape index (κ1) is 14.5. The van der Waals surface area contributed by atoms with Crippen LogP contribution in [0.15, 0.2) is 18.2 Å². The van der Waals surface area contributed by atoms with Crippen LogP contribution in [0.3, 0.4) is 0 Å². The summed E-state index contributed by atoms with van der Waals surface area (Å²) in [6.45, 7) is 0. The summed E-state index contributed by atoms with van der Waals surface area (Å²) in [7, 11) is 0. The summed E-state index contributed by atoms with van der Waals surface area (Å²) in [6, 6.07) is 5.39. The van der Waals surface area contributed by atoms with Crippen molar-refractivity contribution in [1.82, 2.24) is 5.32 Å². The summed E-state index contributed by atoms with van der Waals surface area (Å²) in [6.07, 6.45) is 4.99. The van der Waals surface area contributed by atoms with Gasteiger partial charge in [0.05, 0.1) is 10.6 Å². The quantitative estimate of drug-likeness (QED) is 0.839. The molecule has 1 aromatic carbocycles. The van der Waals surface area contributed by atoms with Crippen LogP contribution >= 0.6 is 24.0 Å². The normalized spacial score (nSPS) is 18.0. The summed E-state index contributed by atoms with van der Waals surface area (Å²) in [5, 5.41) is 3.58. The summed E-state index contributed by atoms with van der Waals surface area (Å²) in [5.41, 5.74) is 6.74. The van der Waals surface area contributed by atoms with Crippen molar-refractivity contribution in [2.75, 3.05) is 5.73 Å². The lowest BCUT2D eigenvalue weighted by molar-refractivity contribution is 0.0926. The van der Waals surface area contributed by atoms with E-state index < -0.39 is 0 Å². The molecule has 0 atom stereocenters. The van der Waals surface area contributed by atoms with Gasteiger partial charge in [-0.15, -0.1) is 12.4 Å². The molecule has 104 valence electrons. The topological polar surface area (TPSA) is 55.1 Å². The molecule has 1 aromatic rings. The van der Waals surface area contributed by atoms with Gasteiger partial charge >= 0.3 is 0 Å². The number of rotatable bonds is 4. The van der Waals surface area contributed by atoms with Crippen molar-refractivity contribution in [3.63, 3.8) is 0 Å². The Bertz CT molecular complexity index is 472. The van der Waals surface area contributed by atoms with Crippen molar-refractivity contribution in [2.45, 2.75) is 31.7 Å². The smallest absolute Gasteiger partial charge is 0.253 e. The molecule has 0 saturated heterocycles. The third kappa shape index (κ3) is 3.34. The number of nitrogens with one attached hydrogen (secondary N) is 1. The number of carbonyl (C=O) groups is 1. The van der Waals surface area contributed by atoms with E-state index in [0.717, 1.165) is 0 Å². The van der Waals surface area contributed by atoms with Crippen LogP contribution in [0.2, 0.25) is 5.02 Å². The zero-order valence-corrected chi connectivity index (χ0v) is 12.1. The van der Waals surface area contributed by atoms with E-state index in [9.17, 15) is 4.79 Å². The Morgan fingerprint density at radius 1 is 1.26 bits per heavy atom. The van der Waals surface area contributed by atoms with Crippen molar-refractivity contribution in [3.05, 3.63) is 28.8 Å². The molecule has 2 saturated carbocycles. The number of carbonyl (C=O) groups excluding carboxylic acids is 1. The highest BCUT2D eigenvalue weighted by Gasteiger charge is 2.42. The van der Waals surface area contributed by atoms with Crippen LogP contribution in [-0.4, -0.2) is 11.9 Å². The molecule has 2 aliphatic carbocycles. The molecule has 5 heteroatoms. The van der Waals surface area contributed by atoms with Gasteiger partial charge in [0, 0.05) is 11.7 Å². The van der Waals surface area contributed by atoms with Crippen LogP contribution in [0.5, 0.6) is 0 Å². The van der Waals surface area contributed by atoms with Crippen molar-refractivity contribution in [1.29, 1.82) is 0 Å². The molecule has 3 rings (SSSR count). The highest BCUT2D eigenvalue weighted by Crippen LogP contribution is 2.44. The number of halogens is 2. The number of amides is 1. The second-order valence-corrected chi connectivity index (χ2v) is 5.82. The summed E-state index contributed by atoms with van der Waals surface area (Å²) < 4.78 is 0. The second kappa shape index (κ2) is 5.59. The van der Waals surface area contributed by atoms with Gasteiger partial charge in [0.25, 0.3) is 5.91 Å². The molecule has 1 amide bonds. The Morgan fingerprint density at radius 2 is 1.84 bits per heavy atom. The standard InChI is InChI=1S/C14H17ClN2O.ClH/c15-12-7-10(16)5-6-11(12)14(18)17-13(8-1-2-8)9-3-4-9;/h5-9,13H,1-4,16H2,(H,17,18);1H. The average Bonchev–Trinajstić information content (AvgIpc) is 3.17. The average molecular weight is 301 g/mol. The Balaban J connectivity index is 0.00000133. The zero-order chi connectivity index (χ0) is 12.7.